The quantitative estimate of drug-likeness (QED) is 0.473. The van der Waals surface area contributed by atoms with E-state index in [9.17, 15) is 4.79 Å². The molecule has 0 unspecified atom stereocenters. The second-order valence-corrected chi connectivity index (χ2v) is 9.54. The van der Waals surface area contributed by atoms with Crippen LogP contribution in [0.4, 0.5) is 5.69 Å². The van der Waals surface area contributed by atoms with Gasteiger partial charge in [0.25, 0.3) is 0 Å². The number of hydrogen-bond acceptors (Lipinski definition) is 2. The second kappa shape index (κ2) is 6.49. The number of aryl methyl sites for hydroxylation is 1. The van der Waals surface area contributed by atoms with Crippen LogP contribution in [0.3, 0.4) is 0 Å². The van der Waals surface area contributed by atoms with Crippen LogP contribution in [0.1, 0.15) is 31.4 Å². The highest BCUT2D eigenvalue weighted by Gasteiger charge is 2.57. The van der Waals surface area contributed by atoms with E-state index in [1.165, 1.54) is 33.1 Å². The third-order valence-electron chi connectivity index (χ3n) is 7.59. The monoisotopic (exact) mass is 421 g/mol. The SMILES string of the molecule is Cn1c2ccccc2c2cc(/C=C/[C@]34NC(=O)CCN3c3ccccc3C4(C)C)ccc21. The Balaban J connectivity index is 1.49. The van der Waals surface area contributed by atoms with Crippen molar-refractivity contribution in [1.29, 1.82) is 0 Å². The van der Waals surface area contributed by atoms with Gasteiger partial charge in [-0.2, -0.15) is 0 Å². The molecule has 0 spiro atoms. The summed E-state index contributed by atoms with van der Waals surface area (Å²) < 4.78 is 2.25. The van der Waals surface area contributed by atoms with Crippen molar-refractivity contribution in [3.8, 4) is 0 Å². The van der Waals surface area contributed by atoms with Gasteiger partial charge in [-0.05, 0) is 41.5 Å². The average Bonchev–Trinajstić information content (AvgIpc) is 3.19. The maximum absolute atomic E-state index is 12.6. The fourth-order valence-electron chi connectivity index (χ4n) is 5.83. The Hall–Kier alpha value is -3.53. The summed E-state index contributed by atoms with van der Waals surface area (Å²) in [5.41, 5.74) is 5.24. The molecule has 6 rings (SSSR count). The highest BCUT2D eigenvalue weighted by Crippen LogP contribution is 2.52. The fourth-order valence-corrected chi connectivity index (χ4v) is 5.83. The molecule has 32 heavy (non-hydrogen) atoms. The largest absolute Gasteiger partial charge is 0.344 e. The number of carbonyl (C=O) groups is 1. The molecular formula is C28H27N3O. The van der Waals surface area contributed by atoms with E-state index in [0.717, 1.165) is 12.1 Å². The number of amides is 1. The third-order valence-corrected chi connectivity index (χ3v) is 7.59. The van der Waals surface area contributed by atoms with E-state index in [2.05, 4.69) is 115 Å². The average molecular weight is 422 g/mol. The lowest BCUT2D eigenvalue weighted by Gasteiger charge is -2.49. The Kier molecular flexibility index (Phi) is 3.89. The standard InChI is InChI=1S/C28H27N3O/c1-27(2)22-9-5-7-11-25(22)31-17-15-26(32)29-28(27,31)16-14-19-12-13-24-21(18-19)20-8-4-6-10-23(20)30(24)3/h4-14,16,18H,15,17H2,1-3H3,(H,29,32)/b16-14+/t28-/m0/s1. The van der Waals surface area contributed by atoms with Crippen LogP contribution in [-0.4, -0.2) is 22.7 Å². The molecule has 1 amide bonds. The minimum absolute atomic E-state index is 0.108. The number of nitrogens with one attached hydrogen (secondary N) is 1. The molecule has 1 N–H and O–H groups in total. The van der Waals surface area contributed by atoms with Gasteiger partial charge in [0, 0.05) is 52.9 Å². The molecule has 1 saturated heterocycles. The fraction of sp³-hybridized carbons (Fsp3) is 0.250. The summed E-state index contributed by atoms with van der Waals surface area (Å²) >= 11 is 0. The van der Waals surface area contributed by atoms with Crippen molar-refractivity contribution in [3.05, 3.63) is 83.9 Å². The van der Waals surface area contributed by atoms with Gasteiger partial charge in [-0.25, -0.2) is 0 Å². The molecule has 4 nitrogen and oxygen atoms in total. The molecule has 0 radical (unpaired) electrons. The van der Waals surface area contributed by atoms with Crippen molar-refractivity contribution in [1.82, 2.24) is 9.88 Å². The Labute approximate surface area is 188 Å². The van der Waals surface area contributed by atoms with Gasteiger partial charge >= 0.3 is 0 Å². The number of nitrogens with zero attached hydrogens (tertiary/aromatic N) is 2. The van der Waals surface area contributed by atoms with E-state index in [1.54, 1.807) is 0 Å². The Morgan fingerprint density at radius 1 is 0.938 bits per heavy atom. The molecular weight excluding hydrogens is 394 g/mol. The highest BCUT2D eigenvalue weighted by atomic mass is 16.2. The minimum Gasteiger partial charge on any atom is -0.344 e. The summed E-state index contributed by atoms with van der Waals surface area (Å²) in [5, 5.41) is 5.88. The van der Waals surface area contributed by atoms with Crippen molar-refractivity contribution < 1.29 is 4.79 Å². The lowest BCUT2D eigenvalue weighted by Crippen LogP contribution is -2.68. The van der Waals surface area contributed by atoms with Gasteiger partial charge < -0.3 is 14.8 Å². The van der Waals surface area contributed by atoms with Crippen molar-refractivity contribution in [2.45, 2.75) is 31.3 Å². The summed E-state index contributed by atoms with van der Waals surface area (Å²) in [6.07, 6.45) is 4.89. The number of aromatic nitrogens is 1. The molecule has 2 aliphatic heterocycles. The molecule has 0 saturated carbocycles. The number of fused-ring (bicyclic) bond motifs is 6. The van der Waals surface area contributed by atoms with E-state index < -0.39 is 5.66 Å². The van der Waals surface area contributed by atoms with E-state index >= 15 is 0 Å². The zero-order valence-corrected chi connectivity index (χ0v) is 18.7. The minimum atomic E-state index is -0.584. The van der Waals surface area contributed by atoms with Crippen LogP contribution < -0.4 is 10.2 Å². The van der Waals surface area contributed by atoms with Crippen LogP contribution in [0.15, 0.2) is 72.8 Å². The van der Waals surface area contributed by atoms with Gasteiger partial charge in [0.2, 0.25) is 5.91 Å². The number of carbonyl (C=O) groups excluding carboxylic acids is 1. The first-order valence-corrected chi connectivity index (χ1v) is 11.3. The molecule has 3 heterocycles. The van der Waals surface area contributed by atoms with Crippen LogP contribution in [0, 0.1) is 0 Å². The first-order chi connectivity index (χ1) is 15.4. The van der Waals surface area contributed by atoms with Crippen LogP contribution in [0.5, 0.6) is 0 Å². The summed E-state index contributed by atoms with van der Waals surface area (Å²) in [7, 11) is 2.12. The van der Waals surface area contributed by atoms with Gasteiger partial charge in [0.15, 0.2) is 0 Å². The predicted octanol–water partition coefficient (Wildman–Crippen LogP) is 5.36. The Bertz CT molecular complexity index is 1430. The number of hydrogen-bond donors (Lipinski definition) is 1. The molecule has 1 fully saturated rings. The molecule has 160 valence electrons. The van der Waals surface area contributed by atoms with Crippen molar-refractivity contribution in [3.63, 3.8) is 0 Å². The van der Waals surface area contributed by atoms with Crippen molar-refractivity contribution in [2.75, 3.05) is 11.4 Å². The topological polar surface area (TPSA) is 37.3 Å². The van der Waals surface area contributed by atoms with Crippen LogP contribution in [0.25, 0.3) is 27.9 Å². The number of rotatable bonds is 2. The zero-order valence-electron chi connectivity index (χ0n) is 18.7. The van der Waals surface area contributed by atoms with E-state index in [1.807, 2.05) is 0 Å². The van der Waals surface area contributed by atoms with Crippen molar-refractivity contribution >= 4 is 39.5 Å². The Morgan fingerprint density at radius 3 is 2.56 bits per heavy atom. The van der Waals surface area contributed by atoms with Gasteiger partial charge in [-0.3, -0.25) is 4.79 Å². The molecule has 1 atom stereocenters. The number of para-hydroxylation sites is 2. The summed E-state index contributed by atoms with van der Waals surface area (Å²) in [6.45, 7) is 5.18. The molecule has 1 aromatic heterocycles. The second-order valence-electron chi connectivity index (χ2n) is 9.54. The molecule has 0 aliphatic carbocycles. The summed E-state index contributed by atoms with van der Waals surface area (Å²) in [6, 6.07) is 23.7. The summed E-state index contributed by atoms with van der Waals surface area (Å²) in [5.74, 6) is 0.108. The molecule has 4 heteroatoms. The van der Waals surface area contributed by atoms with Crippen LogP contribution in [0.2, 0.25) is 0 Å². The van der Waals surface area contributed by atoms with Gasteiger partial charge in [0.05, 0.1) is 0 Å². The predicted molar refractivity (Wildman–Crippen MR) is 132 cm³/mol. The first kappa shape index (κ1) is 19.2. The lowest BCUT2D eigenvalue weighted by molar-refractivity contribution is -0.124. The van der Waals surface area contributed by atoms with Crippen LogP contribution >= 0.6 is 0 Å². The van der Waals surface area contributed by atoms with Crippen molar-refractivity contribution in [2.24, 2.45) is 7.05 Å². The van der Waals surface area contributed by atoms with E-state index in [4.69, 9.17) is 0 Å². The number of benzene rings is 3. The summed E-state index contributed by atoms with van der Waals surface area (Å²) in [4.78, 5) is 15.0. The smallest absolute Gasteiger partial charge is 0.223 e. The molecule has 4 aromatic rings. The Morgan fingerprint density at radius 2 is 1.69 bits per heavy atom. The first-order valence-electron chi connectivity index (χ1n) is 11.3. The maximum Gasteiger partial charge on any atom is 0.223 e. The number of anilines is 1. The molecule has 2 aliphatic rings. The van der Waals surface area contributed by atoms with Crippen LogP contribution in [-0.2, 0) is 17.3 Å². The van der Waals surface area contributed by atoms with E-state index in [-0.39, 0.29) is 11.3 Å². The van der Waals surface area contributed by atoms with Gasteiger partial charge in [-0.15, -0.1) is 0 Å². The third kappa shape index (κ3) is 2.41. The van der Waals surface area contributed by atoms with Gasteiger partial charge in [-0.1, -0.05) is 62.4 Å². The maximum atomic E-state index is 12.6. The van der Waals surface area contributed by atoms with E-state index in [0.29, 0.717) is 6.42 Å². The molecule has 3 aromatic carbocycles. The lowest BCUT2D eigenvalue weighted by atomic mass is 9.74. The van der Waals surface area contributed by atoms with Gasteiger partial charge in [0.1, 0.15) is 5.66 Å². The highest BCUT2D eigenvalue weighted by molar-refractivity contribution is 6.08. The normalized spacial score (nSPS) is 21.8. The molecule has 0 bridgehead atoms. The zero-order chi connectivity index (χ0) is 22.1.